The van der Waals surface area contributed by atoms with E-state index in [1.807, 2.05) is 0 Å². The van der Waals surface area contributed by atoms with Crippen LogP contribution in [0.5, 0.6) is 0 Å². The Labute approximate surface area is 80.5 Å². The number of carbonyl (C=O) groups is 1. The lowest BCUT2D eigenvalue weighted by Gasteiger charge is -2.03. The molecule has 0 unspecified atom stereocenters. The van der Waals surface area contributed by atoms with Crippen LogP contribution in [0, 0.1) is 0 Å². The average molecular weight is 228 g/mol. The highest BCUT2D eigenvalue weighted by Gasteiger charge is 2.42. The highest BCUT2D eigenvalue weighted by molar-refractivity contribution is 6.01. The van der Waals surface area contributed by atoms with E-state index in [0.29, 0.717) is 6.20 Å². The zero-order valence-corrected chi connectivity index (χ0v) is 7.35. The first-order valence-corrected chi connectivity index (χ1v) is 3.66. The maximum absolute atomic E-state index is 12.2. The summed E-state index contributed by atoms with van der Waals surface area (Å²) in [5, 5.41) is 3.09. The van der Waals surface area contributed by atoms with E-state index in [1.54, 1.807) is 0 Å². The minimum absolute atomic E-state index is 0.622. The fourth-order valence-electron chi connectivity index (χ4n) is 0.994. The zero-order valence-electron chi connectivity index (χ0n) is 7.35. The van der Waals surface area contributed by atoms with Gasteiger partial charge in [0.25, 0.3) is 12.2 Å². The quantitative estimate of drug-likeness (QED) is 0.573. The molecule has 1 rings (SSSR count). The van der Waals surface area contributed by atoms with Crippen LogP contribution in [-0.2, 0) is 7.05 Å². The molecule has 1 aromatic rings. The molecule has 0 fully saturated rings. The van der Waals surface area contributed by atoms with Crippen LogP contribution in [0.3, 0.4) is 0 Å². The van der Waals surface area contributed by atoms with Crippen LogP contribution in [-0.4, -0.2) is 21.7 Å². The molecule has 1 heterocycles. The molecular formula is C7H5F5N2O. The predicted molar refractivity (Wildman–Crippen MR) is 38.6 cm³/mol. The SMILES string of the molecule is Cn1cc(C(=O)C(F)(F)F)c(C(F)F)n1. The van der Waals surface area contributed by atoms with Crippen LogP contribution in [0.1, 0.15) is 22.5 Å². The molecule has 1 aromatic heterocycles. The minimum atomic E-state index is -5.17. The van der Waals surface area contributed by atoms with E-state index in [1.165, 1.54) is 0 Å². The second-order valence-electron chi connectivity index (χ2n) is 2.73. The summed E-state index contributed by atoms with van der Waals surface area (Å²) < 4.78 is 61.0. The van der Waals surface area contributed by atoms with E-state index in [0.717, 1.165) is 11.7 Å². The van der Waals surface area contributed by atoms with Crippen molar-refractivity contribution in [3.63, 3.8) is 0 Å². The maximum Gasteiger partial charge on any atom is 0.455 e. The Kier molecular flexibility index (Phi) is 2.78. The molecule has 0 amide bonds. The van der Waals surface area contributed by atoms with Crippen molar-refractivity contribution in [1.29, 1.82) is 0 Å². The van der Waals surface area contributed by atoms with Crippen molar-refractivity contribution in [3.05, 3.63) is 17.5 Å². The van der Waals surface area contributed by atoms with Gasteiger partial charge in [-0.05, 0) is 0 Å². The van der Waals surface area contributed by atoms with Crippen LogP contribution in [0.15, 0.2) is 6.20 Å². The topological polar surface area (TPSA) is 34.9 Å². The summed E-state index contributed by atoms with van der Waals surface area (Å²) in [5.41, 5.74) is -2.26. The standard InChI is InChI=1S/C7H5F5N2O/c1-14-2-3(4(13-14)6(8)9)5(15)7(10,11)12/h2,6H,1H3. The van der Waals surface area contributed by atoms with Gasteiger partial charge in [-0.1, -0.05) is 0 Å². The largest absolute Gasteiger partial charge is 0.455 e. The van der Waals surface area contributed by atoms with Crippen molar-refractivity contribution in [2.75, 3.05) is 0 Å². The lowest BCUT2D eigenvalue weighted by atomic mass is 10.1. The van der Waals surface area contributed by atoms with Crippen LogP contribution in [0.2, 0.25) is 0 Å². The molecule has 0 aliphatic carbocycles. The van der Waals surface area contributed by atoms with Gasteiger partial charge in [0.2, 0.25) is 0 Å². The summed E-state index contributed by atoms with van der Waals surface area (Å²) in [4.78, 5) is 10.7. The average Bonchev–Trinajstić information content (AvgIpc) is 2.44. The van der Waals surface area contributed by atoms with Crippen molar-refractivity contribution in [1.82, 2.24) is 9.78 Å². The number of ketones is 1. The maximum atomic E-state index is 12.2. The molecule has 0 bridgehead atoms. The first kappa shape index (κ1) is 11.6. The predicted octanol–water partition coefficient (Wildman–Crippen LogP) is 2.10. The van der Waals surface area contributed by atoms with E-state index >= 15 is 0 Å². The van der Waals surface area contributed by atoms with Crippen molar-refractivity contribution < 1.29 is 26.7 Å². The Morgan fingerprint density at radius 2 is 2.00 bits per heavy atom. The molecule has 0 spiro atoms. The zero-order chi connectivity index (χ0) is 11.8. The number of hydrogen-bond donors (Lipinski definition) is 0. The Morgan fingerprint density at radius 1 is 1.47 bits per heavy atom. The molecule has 0 saturated heterocycles. The molecule has 84 valence electrons. The fourth-order valence-corrected chi connectivity index (χ4v) is 0.994. The second kappa shape index (κ2) is 3.59. The number of hydrogen-bond acceptors (Lipinski definition) is 2. The third-order valence-electron chi connectivity index (χ3n) is 1.57. The number of nitrogens with zero attached hydrogens (tertiary/aromatic N) is 2. The van der Waals surface area contributed by atoms with Gasteiger partial charge in [-0.2, -0.15) is 18.3 Å². The van der Waals surface area contributed by atoms with Gasteiger partial charge < -0.3 is 0 Å². The highest BCUT2D eigenvalue weighted by Crippen LogP contribution is 2.27. The Morgan fingerprint density at radius 3 is 2.40 bits per heavy atom. The Bertz CT molecular complexity index is 381. The lowest BCUT2D eigenvalue weighted by Crippen LogP contribution is -2.23. The van der Waals surface area contributed by atoms with Crippen molar-refractivity contribution >= 4 is 5.78 Å². The molecule has 0 atom stereocenters. The summed E-state index contributed by atoms with van der Waals surface area (Å²) in [5.74, 6) is -2.31. The molecule has 0 aromatic carbocycles. The highest BCUT2D eigenvalue weighted by atomic mass is 19.4. The van der Waals surface area contributed by atoms with Gasteiger partial charge in [0.05, 0.1) is 5.56 Å². The third kappa shape index (κ3) is 2.31. The van der Waals surface area contributed by atoms with Crippen LogP contribution >= 0.6 is 0 Å². The van der Waals surface area contributed by atoms with E-state index in [9.17, 15) is 26.7 Å². The molecule has 3 nitrogen and oxygen atoms in total. The van der Waals surface area contributed by atoms with Gasteiger partial charge in [0.1, 0.15) is 5.69 Å². The molecule has 15 heavy (non-hydrogen) atoms. The summed E-state index contributed by atoms with van der Waals surface area (Å²) in [6, 6.07) is 0. The first-order valence-electron chi connectivity index (χ1n) is 3.66. The molecule has 0 saturated carbocycles. The van der Waals surface area contributed by atoms with Gasteiger partial charge in [-0.3, -0.25) is 9.48 Å². The third-order valence-corrected chi connectivity index (χ3v) is 1.57. The van der Waals surface area contributed by atoms with Crippen molar-refractivity contribution in [3.8, 4) is 0 Å². The van der Waals surface area contributed by atoms with E-state index < -0.39 is 29.6 Å². The van der Waals surface area contributed by atoms with Gasteiger partial charge in [0.15, 0.2) is 0 Å². The van der Waals surface area contributed by atoms with E-state index in [4.69, 9.17) is 0 Å². The number of carbonyl (C=O) groups excluding carboxylic acids is 1. The number of halogens is 5. The summed E-state index contributed by atoms with van der Waals surface area (Å²) in [6.07, 6.45) is -7.77. The van der Waals surface area contributed by atoms with Crippen LogP contribution in [0.25, 0.3) is 0 Å². The normalized spacial score (nSPS) is 12.2. The fraction of sp³-hybridized carbons (Fsp3) is 0.429. The Balaban J connectivity index is 3.20. The minimum Gasteiger partial charge on any atom is -0.284 e. The van der Waals surface area contributed by atoms with Crippen LogP contribution in [0.4, 0.5) is 22.0 Å². The Hall–Kier alpha value is -1.47. The van der Waals surface area contributed by atoms with Gasteiger partial charge >= 0.3 is 6.18 Å². The molecule has 0 aliphatic rings. The summed E-state index contributed by atoms with van der Waals surface area (Å²) >= 11 is 0. The summed E-state index contributed by atoms with van der Waals surface area (Å²) in [7, 11) is 1.15. The van der Waals surface area contributed by atoms with Gasteiger partial charge in [-0.25, -0.2) is 8.78 Å². The molecule has 0 N–H and O–H groups in total. The number of rotatable bonds is 2. The number of aromatic nitrogens is 2. The van der Waals surface area contributed by atoms with E-state index in [2.05, 4.69) is 5.10 Å². The molecule has 8 heteroatoms. The smallest absolute Gasteiger partial charge is 0.284 e. The molecule has 0 radical (unpaired) electrons. The monoisotopic (exact) mass is 228 g/mol. The van der Waals surface area contributed by atoms with Crippen molar-refractivity contribution in [2.45, 2.75) is 12.6 Å². The first-order chi connectivity index (χ1) is 6.73. The number of aryl methyl sites for hydroxylation is 1. The lowest BCUT2D eigenvalue weighted by molar-refractivity contribution is -0.0887. The van der Waals surface area contributed by atoms with Gasteiger partial charge in [-0.15, -0.1) is 0 Å². The van der Waals surface area contributed by atoms with E-state index in [-0.39, 0.29) is 0 Å². The number of alkyl halides is 5. The van der Waals surface area contributed by atoms with Crippen LogP contribution < -0.4 is 0 Å². The molecule has 0 aliphatic heterocycles. The summed E-state index contributed by atoms with van der Waals surface area (Å²) in [6.45, 7) is 0. The number of Topliss-reactive ketones (excluding diaryl/α,β-unsaturated/α-hetero) is 1. The molecular weight excluding hydrogens is 223 g/mol. The van der Waals surface area contributed by atoms with Gasteiger partial charge in [0, 0.05) is 13.2 Å². The van der Waals surface area contributed by atoms with Crippen molar-refractivity contribution in [2.24, 2.45) is 7.05 Å². The second-order valence-corrected chi connectivity index (χ2v) is 2.73.